The molecule has 0 aliphatic carbocycles. The first-order valence-electron chi connectivity index (χ1n) is 4.81. The van der Waals surface area contributed by atoms with E-state index in [1.54, 1.807) is 0 Å². The maximum absolute atomic E-state index is 13.3. The summed E-state index contributed by atoms with van der Waals surface area (Å²) in [4.78, 5) is 0. The molecule has 0 bridgehead atoms. The lowest BCUT2D eigenvalue weighted by molar-refractivity contribution is -0.0178. The van der Waals surface area contributed by atoms with E-state index < -0.39 is 5.54 Å². The molecule has 2 rings (SSSR count). The fourth-order valence-electron chi connectivity index (χ4n) is 1.66. The quantitative estimate of drug-likeness (QED) is 0.771. The number of hydrogen-bond acceptors (Lipinski definition) is 3. The molecule has 4 heteroatoms. The fraction of sp³-hybridized carbons (Fsp3) is 0.455. The summed E-state index contributed by atoms with van der Waals surface area (Å²) in [6, 6.07) is 2.84. The van der Waals surface area contributed by atoms with Gasteiger partial charge in [0.2, 0.25) is 0 Å². The monoisotopic (exact) mass is 211 g/mol. The summed E-state index contributed by atoms with van der Waals surface area (Å²) in [7, 11) is 0. The van der Waals surface area contributed by atoms with Crippen LogP contribution < -0.4 is 10.5 Å². The molecule has 1 aromatic carbocycles. The van der Waals surface area contributed by atoms with Gasteiger partial charge in [-0.25, -0.2) is 4.39 Å². The Morgan fingerprint density at radius 1 is 1.40 bits per heavy atom. The first-order valence-corrected chi connectivity index (χ1v) is 4.81. The van der Waals surface area contributed by atoms with Crippen molar-refractivity contribution < 1.29 is 13.9 Å². The lowest BCUT2D eigenvalue weighted by atomic mass is 9.92. The molecule has 0 amide bonds. The minimum Gasteiger partial charge on any atom is -0.467 e. The SMILES string of the molecule is CC(C)(N)c1cc(F)cc2c1OCOC2. The fourth-order valence-corrected chi connectivity index (χ4v) is 1.66. The van der Waals surface area contributed by atoms with E-state index in [1.165, 1.54) is 12.1 Å². The van der Waals surface area contributed by atoms with Crippen LogP contribution in [0, 0.1) is 5.82 Å². The number of rotatable bonds is 1. The second-order valence-corrected chi connectivity index (χ2v) is 4.27. The van der Waals surface area contributed by atoms with Gasteiger partial charge in [0, 0.05) is 16.7 Å². The summed E-state index contributed by atoms with van der Waals surface area (Å²) in [6.07, 6.45) is 0. The van der Waals surface area contributed by atoms with Crippen LogP contribution >= 0.6 is 0 Å². The van der Waals surface area contributed by atoms with Gasteiger partial charge in [0.25, 0.3) is 0 Å². The molecule has 0 saturated carbocycles. The highest BCUT2D eigenvalue weighted by atomic mass is 19.1. The van der Waals surface area contributed by atoms with E-state index in [-0.39, 0.29) is 12.6 Å². The molecule has 1 aliphatic rings. The lowest BCUT2D eigenvalue weighted by Gasteiger charge is -2.27. The van der Waals surface area contributed by atoms with Crippen LogP contribution in [0.1, 0.15) is 25.0 Å². The van der Waals surface area contributed by atoms with Crippen LogP contribution in [-0.2, 0) is 16.9 Å². The van der Waals surface area contributed by atoms with Gasteiger partial charge >= 0.3 is 0 Å². The highest BCUT2D eigenvalue weighted by Crippen LogP contribution is 2.34. The molecule has 1 aliphatic heterocycles. The van der Waals surface area contributed by atoms with Gasteiger partial charge in [0.1, 0.15) is 11.6 Å². The highest BCUT2D eigenvalue weighted by molar-refractivity contribution is 5.45. The zero-order valence-electron chi connectivity index (χ0n) is 8.84. The summed E-state index contributed by atoms with van der Waals surface area (Å²) in [5, 5.41) is 0. The summed E-state index contributed by atoms with van der Waals surface area (Å²) < 4.78 is 23.8. The van der Waals surface area contributed by atoms with Crippen molar-refractivity contribution in [1.82, 2.24) is 0 Å². The van der Waals surface area contributed by atoms with Crippen LogP contribution in [0.25, 0.3) is 0 Å². The van der Waals surface area contributed by atoms with Gasteiger partial charge in [-0.15, -0.1) is 0 Å². The minimum absolute atomic E-state index is 0.196. The van der Waals surface area contributed by atoms with Gasteiger partial charge in [-0.1, -0.05) is 0 Å². The van der Waals surface area contributed by atoms with E-state index in [1.807, 2.05) is 13.8 Å². The van der Waals surface area contributed by atoms with Gasteiger partial charge in [-0.2, -0.15) is 0 Å². The van der Waals surface area contributed by atoms with Crippen molar-refractivity contribution in [1.29, 1.82) is 0 Å². The predicted octanol–water partition coefficient (Wildman–Crippen LogP) is 1.89. The highest BCUT2D eigenvalue weighted by Gasteiger charge is 2.25. The maximum atomic E-state index is 13.3. The Labute approximate surface area is 88.0 Å². The Morgan fingerprint density at radius 3 is 2.80 bits per heavy atom. The Hall–Kier alpha value is -1.13. The summed E-state index contributed by atoms with van der Waals surface area (Å²) in [5.41, 5.74) is 6.74. The molecule has 1 aromatic rings. The molecule has 0 atom stereocenters. The van der Waals surface area contributed by atoms with Crippen LogP contribution in [0.4, 0.5) is 4.39 Å². The topological polar surface area (TPSA) is 44.5 Å². The number of hydrogen-bond donors (Lipinski definition) is 1. The third kappa shape index (κ3) is 1.96. The number of fused-ring (bicyclic) bond motifs is 1. The van der Waals surface area contributed by atoms with Gasteiger partial charge in [-0.3, -0.25) is 0 Å². The van der Waals surface area contributed by atoms with Crippen LogP contribution in [0.2, 0.25) is 0 Å². The Balaban J connectivity index is 2.58. The number of ether oxygens (including phenoxy) is 2. The van der Waals surface area contributed by atoms with E-state index in [0.29, 0.717) is 17.9 Å². The molecular weight excluding hydrogens is 197 g/mol. The van der Waals surface area contributed by atoms with Crippen LogP contribution in [0.5, 0.6) is 5.75 Å². The van der Waals surface area contributed by atoms with E-state index >= 15 is 0 Å². The Kier molecular flexibility index (Phi) is 2.40. The molecule has 0 unspecified atom stereocenters. The molecule has 0 aromatic heterocycles. The summed E-state index contributed by atoms with van der Waals surface area (Å²) >= 11 is 0. The third-order valence-corrected chi connectivity index (χ3v) is 2.37. The molecule has 0 saturated heterocycles. The van der Waals surface area contributed by atoms with Gasteiger partial charge in [0.05, 0.1) is 6.61 Å². The molecule has 0 radical (unpaired) electrons. The molecule has 1 heterocycles. The van der Waals surface area contributed by atoms with Crippen LogP contribution in [0.3, 0.4) is 0 Å². The van der Waals surface area contributed by atoms with Gasteiger partial charge in [0.15, 0.2) is 6.79 Å². The normalized spacial score (nSPS) is 15.7. The van der Waals surface area contributed by atoms with Crippen LogP contribution in [-0.4, -0.2) is 6.79 Å². The molecule has 15 heavy (non-hydrogen) atoms. The molecular formula is C11H14FNO2. The van der Waals surface area contributed by atoms with E-state index in [0.717, 1.165) is 5.56 Å². The van der Waals surface area contributed by atoms with Crippen molar-refractivity contribution >= 4 is 0 Å². The third-order valence-electron chi connectivity index (χ3n) is 2.37. The number of benzene rings is 1. The van der Waals surface area contributed by atoms with Crippen molar-refractivity contribution in [2.75, 3.05) is 6.79 Å². The first-order chi connectivity index (χ1) is 6.98. The second-order valence-electron chi connectivity index (χ2n) is 4.27. The van der Waals surface area contributed by atoms with Crippen molar-refractivity contribution in [3.63, 3.8) is 0 Å². The molecule has 2 N–H and O–H groups in total. The minimum atomic E-state index is -0.622. The zero-order valence-corrected chi connectivity index (χ0v) is 8.84. The molecule has 0 fully saturated rings. The average molecular weight is 211 g/mol. The number of halogens is 1. The van der Waals surface area contributed by atoms with E-state index in [4.69, 9.17) is 15.2 Å². The van der Waals surface area contributed by atoms with Gasteiger partial charge < -0.3 is 15.2 Å². The first kappa shape index (κ1) is 10.4. The molecule has 82 valence electrons. The Morgan fingerprint density at radius 2 is 2.13 bits per heavy atom. The van der Waals surface area contributed by atoms with Crippen molar-refractivity contribution in [2.45, 2.75) is 26.0 Å². The van der Waals surface area contributed by atoms with E-state index in [2.05, 4.69) is 0 Å². The molecule has 3 nitrogen and oxygen atoms in total. The lowest BCUT2D eigenvalue weighted by Crippen LogP contribution is -2.31. The summed E-state index contributed by atoms with van der Waals surface area (Å²) in [6.45, 7) is 4.21. The van der Waals surface area contributed by atoms with Crippen LogP contribution in [0.15, 0.2) is 12.1 Å². The zero-order chi connectivity index (χ0) is 11.1. The average Bonchev–Trinajstić information content (AvgIpc) is 2.15. The predicted molar refractivity (Wildman–Crippen MR) is 53.9 cm³/mol. The molecule has 0 spiro atoms. The summed E-state index contributed by atoms with van der Waals surface area (Å²) in [5.74, 6) is 0.353. The second kappa shape index (κ2) is 3.47. The van der Waals surface area contributed by atoms with Crippen molar-refractivity contribution in [3.05, 3.63) is 29.1 Å². The Bertz CT molecular complexity index is 385. The number of nitrogens with two attached hydrogens (primary N) is 1. The maximum Gasteiger partial charge on any atom is 0.189 e. The largest absolute Gasteiger partial charge is 0.467 e. The van der Waals surface area contributed by atoms with E-state index in [9.17, 15) is 4.39 Å². The van der Waals surface area contributed by atoms with Gasteiger partial charge in [-0.05, 0) is 26.0 Å². The standard InChI is InChI=1S/C11H14FNO2/c1-11(2,13)9-4-8(12)3-7-5-14-6-15-10(7)9/h3-4H,5-6,13H2,1-2H3. The van der Waals surface area contributed by atoms with Crippen molar-refractivity contribution in [3.8, 4) is 5.75 Å². The van der Waals surface area contributed by atoms with Crippen molar-refractivity contribution in [2.24, 2.45) is 5.73 Å². The smallest absolute Gasteiger partial charge is 0.189 e.